The average molecular weight is 452 g/mol. The number of pyridine rings is 2. The van der Waals surface area contributed by atoms with Gasteiger partial charge in [0.05, 0.1) is 5.76 Å². The summed E-state index contributed by atoms with van der Waals surface area (Å²) in [7, 11) is 4.61. The molecule has 3 rings (SSSR count). The molecule has 0 aromatic carbocycles. The maximum absolute atomic E-state index is 5.45. The molecule has 3 aromatic heterocycles. The summed E-state index contributed by atoms with van der Waals surface area (Å²) in [5.41, 5.74) is 2.46. The van der Waals surface area contributed by atoms with Crippen LogP contribution in [-0.2, 0) is 18.8 Å². The van der Waals surface area contributed by atoms with Crippen LogP contribution in [0.4, 0.5) is 0 Å². The predicted octanol–water partition coefficient (Wildman–Crippen LogP) is 3.89. The summed E-state index contributed by atoms with van der Waals surface area (Å²) in [6, 6.07) is 14.6. The van der Waals surface area contributed by atoms with E-state index in [0.717, 1.165) is 17.0 Å². The molecule has 3 nitrogen and oxygen atoms in total. The third-order valence-electron chi connectivity index (χ3n) is 2.38. The fraction of sp³-hybridized carbons (Fsp3) is 0. The van der Waals surface area contributed by atoms with E-state index in [1.54, 1.807) is 37.4 Å². The Hall–Kier alpha value is -1.44. The van der Waals surface area contributed by atoms with E-state index in [1.165, 1.54) is 0 Å². The van der Waals surface area contributed by atoms with Crippen LogP contribution in [0.15, 0.2) is 59.5 Å². The normalized spacial score (nSPS) is 9.63. The third-order valence-corrected chi connectivity index (χ3v) is 2.38. The number of aromatic nitrogens is 2. The van der Waals surface area contributed by atoms with E-state index in [9.17, 15) is 0 Å². The number of hydrogen-bond acceptors (Lipinski definition) is 3. The summed E-state index contributed by atoms with van der Waals surface area (Å²) >= 11 is 1.61. The Morgan fingerprint density at radius 2 is 1.58 bits per heavy atom. The fourth-order valence-corrected chi connectivity index (χ4v) is 1.57. The first-order chi connectivity index (χ1) is 9.43. The zero-order chi connectivity index (χ0) is 13.5. The minimum Gasteiger partial charge on any atom is -0.525 e. The molecule has 0 spiro atoms. The Morgan fingerprint density at radius 1 is 0.947 bits per heavy atom. The number of halogens is 1. The second-order valence-electron chi connectivity index (χ2n) is 3.53. The van der Waals surface area contributed by atoms with Crippen LogP contribution >= 0.6 is 9.42 Å². The van der Waals surface area contributed by atoms with Gasteiger partial charge in [0.1, 0.15) is 0 Å². The molecule has 3 heterocycles. The predicted molar refractivity (Wildman–Crippen MR) is 69.9 cm³/mol. The molecule has 0 aliphatic rings. The summed E-state index contributed by atoms with van der Waals surface area (Å²) in [5, 5.41) is 0. The molecule has 0 bridgehead atoms. The van der Waals surface area contributed by atoms with Crippen LogP contribution < -0.4 is 0 Å². The third kappa shape index (κ3) is 3.52. The second kappa shape index (κ2) is 7.22. The van der Waals surface area contributed by atoms with Gasteiger partial charge in [-0.25, -0.2) is 0 Å². The van der Waals surface area contributed by atoms with Crippen LogP contribution in [0.2, 0.25) is 0 Å². The summed E-state index contributed by atoms with van der Waals surface area (Å²) in [6.07, 6.45) is 5.12. The van der Waals surface area contributed by atoms with Crippen LogP contribution in [0.3, 0.4) is 0 Å². The molecule has 3 aromatic rings. The van der Waals surface area contributed by atoms with E-state index < -0.39 is 0 Å². The SMILES string of the molecule is [Cl][Pt+].[c-]1c(-c2ccccn2)coc1-c1ccccn1. The van der Waals surface area contributed by atoms with Gasteiger partial charge in [0.25, 0.3) is 0 Å². The first-order valence-electron chi connectivity index (χ1n) is 5.39. The zero-order valence-corrected chi connectivity index (χ0v) is 12.7. The van der Waals surface area contributed by atoms with Crippen LogP contribution in [-0.4, -0.2) is 9.97 Å². The largest absolute Gasteiger partial charge is 0.525 e. The van der Waals surface area contributed by atoms with Gasteiger partial charge < -0.3 is 14.4 Å². The van der Waals surface area contributed by atoms with Crippen molar-refractivity contribution in [3.05, 3.63) is 61.1 Å². The molecule has 0 saturated carbocycles. The first kappa shape index (κ1) is 14.0. The van der Waals surface area contributed by atoms with Crippen LogP contribution in [0.1, 0.15) is 0 Å². The van der Waals surface area contributed by atoms with Crippen molar-refractivity contribution in [2.75, 3.05) is 0 Å². The van der Waals surface area contributed by atoms with E-state index in [-0.39, 0.29) is 0 Å². The van der Waals surface area contributed by atoms with Gasteiger partial charge in [0.2, 0.25) is 0 Å². The van der Waals surface area contributed by atoms with Crippen LogP contribution in [0, 0.1) is 6.07 Å². The number of rotatable bonds is 2. The molecule has 0 saturated heterocycles. The minimum atomic E-state index is 0.631. The van der Waals surface area contributed by atoms with Gasteiger partial charge in [-0.3, -0.25) is 0 Å². The van der Waals surface area contributed by atoms with Gasteiger partial charge in [-0.2, -0.15) is 0 Å². The van der Waals surface area contributed by atoms with Crippen molar-refractivity contribution in [3.63, 3.8) is 0 Å². The number of nitrogens with zero attached hydrogens (tertiary/aromatic N) is 2. The standard InChI is InChI=1S/C14H9N2O.ClH.Pt/c1-3-7-15-12(5-1)11-9-14(17-10-11)13-6-2-4-8-16-13;;/h1-8,10H;1H;/q-1;;+2/p-1. The van der Waals surface area contributed by atoms with Gasteiger partial charge in [-0.05, 0) is 17.8 Å². The van der Waals surface area contributed by atoms with Crippen LogP contribution in [0.5, 0.6) is 0 Å². The second-order valence-corrected chi connectivity index (χ2v) is 3.53. The first-order valence-corrected chi connectivity index (χ1v) is 8.20. The molecule has 0 fully saturated rings. The molecule has 19 heavy (non-hydrogen) atoms. The number of hydrogen-bond donors (Lipinski definition) is 0. The van der Waals surface area contributed by atoms with Gasteiger partial charge in [0, 0.05) is 24.4 Å². The molecule has 0 radical (unpaired) electrons. The summed E-state index contributed by atoms with van der Waals surface area (Å²) in [4.78, 5) is 8.45. The van der Waals surface area contributed by atoms with E-state index in [4.69, 9.17) is 4.42 Å². The van der Waals surface area contributed by atoms with Crippen molar-refractivity contribution in [1.29, 1.82) is 0 Å². The Morgan fingerprint density at radius 3 is 2.16 bits per heavy atom. The van der Waals surface area contributed by atoms with E-state index in [0.29, 0.717) is 5.76 Å². The van der Waals surface area contributed by atoms with Gasteiger partial charge in [-0.1, -0.05) is 35.9 Å². The molecule has 0 atom stereocenters. The molecule has 98 valence electrons. The topological polar surface area (TPSA) is 38.9 Å². The molecule has 0 aliphatic carbocycles. The zero-order valence-electron chi connectivity index (χ0n) is 9.69. The van der Waals surface area contributed by atoms with Crippen molar-refractivity contribution >= 4 is 9.42 Å². The minimum absolute atomic E-state index is 0.631. The van der Waals surface area contributed by atoms with E-state index in [2.05, 4.69) is 25.5 Å². The molecule has 0 unspecified atom stereocenters. The molecular formula is C14H9ClN2OPt. The molecular weight excluding hydrogens is 443 g/mol. The quantitative estimate of drug-likeness (QED) is 0.555. The van der Waals surface area contributed by atoms with Gasteiger partial charge in [-0.15, -0.1) is 0 Å². The monoisotopic (exact) mass is 451 g/mol. The Balaban J connectivity index is 0.000000637. The molecule has 0 N–H and O–H groups in total. The molecule has 5 heteroatoms. The Bertz CT molecular complexity index is 560. The Kier molecular flexibility index (Phi) is 5.31. The van der Waals surface area contributed by atoms with Crippen molar-refractivity contribution in [2.45, 2.75) is 0 Å². The average Bonchev–Trinajstić information content (AvgIpc) is 3.01. The maximum Gasteiger partial charge on any atom is 0.0568 e. The molecule has 0 amide bonds. The van der Waals surface area contributed by atoms with Crippen molar-refractivity contribution in [1.82, 2.24) is 9.97 Å². The fourth-order valence-electron chi connectivity index (χ4n) is 1.57. The van der Waals surface area contributed by atoms with Gasteiger partial charge in [0.15, 0.2) is 0 Å². The van der Waals surface area contributed by atoms with Crippen LogP contribution in [0.25, 0.3) is 22.7 Å². The van der Waals surface area contributed by atoms with Crippen molar-refractivity contribution < 1.29 is 23.2 Å². The van der Waals surface area contributed by atoms with Crippen molar-refractivity contribution in [3.8, 4) is 22.7 Å². The summed E-state index contributed by atoms with van der Waals surface area (Å²) < 4.78 is 5.45. The van der Waals surface area contributed by atoms with Crippen molar-refractivity contribution in [2.24, 2.45) is 0 Å². The summed E-state index contributed by atoms with van der Waals surface area (Å²) in [5.74, 6) is 0.631. The number of furan rings is 1. The maximum atomic E-state index is 5.45. The van der Waals surface area contributed by atoms with E-state index >= 15 is 0 Å². The van der Waals surface area contributed by atoms with Gasteiger partial charge >= 0.3 is 28.2 Å². The summed E-state index contributed by atoms with van der Waals surface area (Å²) in [6.45, 7) is 0. The smallest absolute Gasteiger partial charge is 0.0568 e. The van der Waals surface area contributed by atoms with E-state index in [1.807, 2.05) is 36.4 Å². The molecule has 0 aliphatic heterocycles. The Labute approximate surface area is 126 Å².